The van der Waals surface area contributed by atoms with Gasteiger partial charge in [-0.25, -0.2) is 14.8 Å². The number of rotatable bonds is 3. The molecule has 1 N–H and O–H groups in total. The Bertz CT molecular complexity index is 764. The maximum absolute atomic E-state index is 12.4. The number of nitrogens with zero attached hydrogens (tertiary/aromatic N) is 3. The van der Waals surface area contributed by atoms with Crippen LogP contribution in [-0.2, 0) is 22.6 Å². The van der Waals surface area contributed by atoms with Crippen molar-refractivity contribution < 1.29 is 14.3 Å². The van der Waals surface area contributed by atoms with Crippen LogP contribution in [-0.4, -0.2) is 40.0 Å². The van der Waals surface area contributed by atoms with Crippen molar-refractivity contribution in [1.82, 2.24) is 20.2 Å². The van der Waals surface area contributed by atoms with Gasteiger partial charge >= 0.3 is 6.09 Å². The lowest BCUT2D eigenvalue weighted by Gasteiger charge is -2.20. The van der Waals surface area contributed by atoms with E-state index in [1.54, 1.807) is 18.0 Å². The third kappa shape index (κ3) is 3.19. The van der Waals surface area contributed by atoms with Crippen molar-refractivity contribution in [2.75, 3.05) is 7.11 Å². The predicted octanol–water partition coefficient (Wildman–Crippen LogP) is 1.73. The highest BCUT2D eigenvalue weighted by atomic mass is 16.5. The fraction of sp³-hybridized carbons (Fsp3) is 0.294. The monoisotopic (exact) mass is 326 g/mol. The van der Waals surface area contributed by atoms with Gasteiger partial charge < -0.3 is 15.0 Å². The number of fused-ring (bicyclic) bond motifs is 1. The third-order valence-electron chi connectivity index (χ3n) is 3.89. The summed E-state index contributed by atoms with van der Waals surface area (Å²) in [6.07, 6.45) is 1.13. The van der Waals surface area contributed by atoms with Crippen LogP contribution in [0.5, 0.6) is 0 Å². The second-order valence-electron chi connectivity index (χ2n) is 5.58. The van der Waals surface area contributed by atoms with E-state index >= 15 is 0 Å². The first kappa shape index (κ1) is 15.9. The Morgan fingerprint density at radius 3 is 2.71 bits per heavy atom. The minimum atomic E-state index is -0.659. The zero-order valence-corrected chi connectivity index (χ0v) is 13.5. The summed E-state index contributed by atoms with van der Waals surface area (Å²) in [6.45, 7) is 2.48. The molecule has 2 heterocycles. The first-order valence-electron chi connectivity index (χ1n) is 7.62. The Kier molecular flexibility index (Phi) is 4.41. The number of carbonyl (C=O) groups excluding carboxylic acids is 2. The maximum atomic E-state index is 12.4. The molecule has 0 saturated heterocycles. The predicted molar refractivity (Wildman–Crippen MR) is 86.7 cm³/mol. The van der Waals surface area contributed by atoms with Crippen LogP contribution in [0.15, 0.2) is 36.5 Å². The summed E-state index contributed by atoms with van der Waals surface area (Å²) in [4.78, 5) is 34.3. The molecular formula is C17H18N4O3. The van der Waals surface area contributed by atoms with Crippen LogP contribution in [0.3, 0.4) is 0 Å². The molecule has 1 aliphatic rings. The molecule has 1 aliphatic heterocycles. The summed E-state index contributed by atoms with van der Waals surface area (Å²) in [7, 11) is 1.26. The van der Waals surface area contributed by atoms with Crippen LogP contribution < -0.4 is 5.32 Å². The second kappa shape index (κ2) is 6.66. The van der Waals surface area contributed by atoms with E-state index in [1.807, 2.05) is 30.3 Å². The molecular weight excluding hydrogens is 308 g/mol. The van der Waals surface area contributed by atoms with Gasteiger partial charge in [-0.05, 0) is 6.92 Å². The van der Waals surface area contributed by atoms with E-state index in [0.717, 1.165) is 16.8 Å². The average molecular weight is 326 g/mol. The van der Waals surface area contributed by atoms with Gasteiger partial charge in [-0.1, -0.05) is 30.3 Å². The van der Waals surface area contributed by atoms with Gasteiger partial charge in [-0.15, -0.1) is 0 Å². The molecule has 0 radical (unpaired) electrons. The Morgan fingerprint density at radius 1 is 1.25 bits per heavy atom. The van der Waals surface area contributed by atoms with Gasteiger partial charge in [-0.3, -0.25) is 4.79 Å². The van der Waals surface area contributed by atoms with E-state index in [9.17, 15) is 9.59 Å². The van der Waals surface area contributed by atoms with E-state index in [1.165, 1.54) is 7.11 Å². The van der Waals surface area contributed by atoms with Gasteiger partial charge in [0.1, 0.15) is 6.04 Å². The molecule has 24 heavy (non-hydrogen) atoms. The van der Waals surface area contributed by atoms with Crippen LogP contribution >= 0.6 is 0 Å². The maximum Gasteiger partial charge on any atom is 0.407 e. The number of nitrogens with one attached hydrogen (secondary N) is 1. The number of alkyl carbamates (subject to hydrolysis) is 1. The molecule has 0 unspecified atom stereocenters. The van der Waals surface area contributed by atoms with E-state index < -0.39 is 12.1 Å². The summed E-state index contributed by atoms with van der Waals surface area (Å²) >= 11 is 0. The Hall–Kier alpha value is -2.96. The van der Waals surface area contributed by atoms with Gasteiger partial charge in [0.15, 0.2) is 5.82 Å². The zero-order chi connectivity index (χ0) is 17.1. The van der Waals surface area contributed by atoms with Crippen molar-refractivity contribution >= 4 is 12.0 Å². The standard InChI is InChI=1S/C17H18N4O3/c1-11(19-17(23)24-2)16(22)21-9-13-8-18-15(20-14(13)10-21)12-6-4-3-5-7-12/h3-8,11H,9-10H2,1-2H3,(H,19,23)/t11-/m1/s1. The van der Waals surface area contributed by atoms with Crippen molar-refractivity contribution in [3.8, 4) is 11.4 Å². The summed E-state index contributed by atoms with van der Waals surface area (Å²) in [5.41, 5.74) is 2.70. The summed E-state index contributed by atoms with van der Waals surface area (Å²) in [5, 5.41) is 2.48. The normalized spacial score (nSPS) is 14.0. The van der Waals surface area contributed by atoms with E-state index in [0.29, 0.717) is 18.9 Å². The van der Waals surface area contributed by atoms with Crippen molar-refractivity contribution in [3.05, 3.63) is 47.8 Å². The van der Waals surface area contributed by atoms with Crippen LogP contribution in [0.2, 0.25) is 0 Å². The Balaban J connectivity index is 1.73. The molecule has 0 saturated carbocycles. The summed E-state index contributed by atoms with van der Waals surface area (Å²) in [5.74, 6) is 0.462. The molecule has 1 aromatic carbocycles. The Labute approximate surface area is 139 Å². The number of carbonyl (C=O) groups is 2. The van der Waals surface area contributed by atoms with Crippen LogP contribution in [0.4, 0.5) is 4.79 Å². The lowest BCUT2D eigenvalue weighted by atomic mass is 10.2. The minimum Gasteiger partial charge on any atom is -0.453 e. The average Bonchev–Trinajstić information content (AvgIpc) is 3.04. The number of hydrogen-bond donors (Lipinski definition) is 1. The zero-order valence-electron chi connectivity index (χ0n) is 13.5. The molecule has 0 fully saturated rings. The SMILES string of the molecule is COC(=O)N[C@H](C)C(=O)N1Cc2cnc(-c3ccccc3)nc2C1. The van der Waals surface area contributed by atoms with E-state index in [4.69, 9.17) is 0 Å². The fourth-order valence-electron chi connectivity index (χ4n) is 2.61. The molecule has 7 heteroatoms. The smallest absolute Gasteiger partial charge is 0.407 e. The lowest BCUT2D eigenvalue weighted by Crippen LogP contribution is -2.45. The van der Waals surface area contributed by atoms with Gasteiger partial charge in [-0.2, -0.15) is 0 Å². The molecule has 2 aromatic rings. The topological polar surface area (TPSA) is 84.4 Å². The van der Waals surface area contributed by atoms with Gasteiger partial charge in [0.2, 0.25) is 5.91 Å². The number of ether oxygens (including phenoxy) is 1. The van der Waals surface area contributed by atoms with Crippen molar-refractivity contribution in [1.29, 1.82) is 0 Å². The van der Waals surface area contributed by atoms with Crippen LogP contribution in [0, 0.1) is 0 Å². The molecule has 3 rings (SSSR count). The van der Waals surface area contributed by atoms with Crippen LogP contribution in [0.25, 0.3) is 11.4 Å². The first-order chi connectivity index (χ1) is 11.6. The third-order valence-corrected chi connectivity index (χ3v) is 3.89. The fourth-order valence-corrected chi connectivity index (χ4v) is 2.61. The van der Waals surface area contributed by atoms with Crippen molar-refractivity contribution in [2.45, 2.75) is 26.1 Å². The second-order valence-corrected chi connectivity index (χ2v) is 5.58. The quantitative estimate of drug-likeness (QED) is 0.928. The van der Waals surface area contributed by atoms with Gasteiger partial charge in [0, 0.05) is 23.9 Å². The molecule has 1 atom stereocenters. The molecule has 2 amide bonds. The first-order valence-corrected chi connectivity index (χ1v) is 7.62. The number of aromatic nitrogens is 2. The Morgan fingerprint density at radius 2 is 2.00 bits per heavy atom. The van der Waals surface area contributed by atoms with E-state index in [2.05, 4.69) is 20.0 Å². The summed E-state index contributed by atoms with van der Waals surface area (Å²) < 4.78 is 4.52. The number of benzene rings is 1. The molecule has 1 aromatic heterocycles. The highest BCUT2D eigenvalue weighted by Crippen LogP contribution is 2.24. The number of hydrogen-bond acceptors (Lipinski definition) is 5. The largest absolute Gasteiger partial charge is 0.453 e. The van der Waals surface area contributed by atoms with Gasteiger partial charge in [0.25, 0.3) is 0 Å². The molecule has 124 valence electrons. The molecule has 7 nitrogen and oxygen atoms in total. The highest BCUT2D eigenvalue weighted by Gasteiger charge is 2.29. The van der Waals surface area contributed by atoms with Crippen LogP contribution in [0.1, 0.15) is 18.2 Å². The molecule has 0 bridgehead atoms. The number of amides is 2. The molecule has 0 spiro atoms. The lowest BCUT2D eigenvalue weighted by molar-refractivity contribution is -0.133. The van der Waals surface area contributed by atoms with Crippen molar-refractivity contribution in [3.63, 3.8) is 0 Å². The summed E-state index contributed by atoms with van der Waals surface area (Å²) in [6, 6.07) is 9.04. The minimum absolute atomic E-state index is 0.181. The highest BCUT2D eigenvalue weighted by molar-refractivity contribution is 5.85. The number of methoxy groups -OCH3 is 1. The van der Waals surface area contributed by atoms with Crippen molar-refractivity contribution in [2.24, 2.45) is 0 Å². The molecule has 0 aliphatic carbocycles. The van der Waals surface area contributed by atoms with E-state index in [-0.39, 0.29) is 5.91 Å². The van der Waals surface area contributed by atoms with Gasteiger partial charge in [0.05, 0.1) is 19.3 Å².